The summed E-state index contributed by atoms with van der Waals surface area (Å²) in [4.78, 5) is 39.6. The Morgan fingerprint density at radius 1 is 1.13 bits per heavy atom. The van der Waals surface area contributed by atoms with E-state index in [4.69, 9.17) is 16.3 Å². The molecule has 0 spiro atoms. The molecule has 7 nitrogen and oxygen atoms in total. The highest BCUT2D eigenvalue weighted by atomic mass is 35.5. The van der Waals surface area contributed by atoms with Crippen molar-refractivity contribution in [3.8, 4) is 5.75 Å². The number of nitrogens with zero attached hydrogens (tertiary/aromatic N) is 3. The number of thioether (sulfide) groups is 1. The van der Waals surface area contributed by atoms with Gasteiger partial charge in [0.25, 0.3) is 5.91 Å². The number of esters is 1. The van der Waals surface area contributed by atoms with Crippen molar-refractivity contribution < 1.29 is 27.5 Å². The van der Waals surface area contributed by atoms with Crippen molar-refractivity contribution in [2.45, 2.75) is 42.8 Å². The van der Waals surface area contributed by atoms with E-state index in [-0.39, 0.29) is 0 Å². The number of carbonyl (C=O) groups excluding carboxylic acids is 2. The van der Waals surface area contributed by atoms with E-state index in [0.29, 0.717) is 21.2 Å². The predicted octanol–water partition coefficient (Wildman–Crippen LogP) is 5.12. The Balaban J connectivity index is 1.82. The average Bonchev–Trinajstić information content (AvgIpc) is 3.03. The van der Waals surface area contributed by atoms with Gasteiger partial charge < -0.3 is 9.64 Å². The van der Waals surface area contributed by atoms with Crippen LogP contribution in [0.1, 0.15) is 47.1 Å². The lowest BCUT2D eigenvalue weighted by atomic mass is 9.94. The zero-order valence-corrected chi connectivity index (χ0v) is 21.7. The van der Waals surface area contributed by atoms with Gasteiger partial charge in [-0.2, -0.15) is 13.2 Å². The van der Waals surface area contributed by atoms with Gasteiger partial charge in [-0.05, 0) is 30.2 Å². The molecule has 2 atom stereocenters. The third-order valence-corrected chi connectivity index (χ3v) is 8.04. The number of amides is 1. The first-order valence-electron chi connectivity index (χ1n) is 11.6. The largest absolute Gasteiger partial charge is 0.420 e. The van der Waals surface area contributed by atoms with Gasteiger partial charge in [-0.1, -0.05) is 41.9 Å². The summed E-state index contributed by atoms with van der Waals surface area (Å²) in [5.74, 6) is -2.05. The summed E-state index contributed by atoms with van der Waals surface area (Å²) < 4.78 is 48.3. The second-order valence-electron chi connectivity index (χ2n) is 8.91. The van der Waals surface area contributed by atoms with Crippen LogP contribution in [0.2, 0.25) is 5.02 Å². The van der Waals surface area contributed by atoms with E-state index in [1.807, 2.05) is 30.3 Å². The number of aromatic nitrogens is 1. The number of carbonyl (C=O) groups is 2. The molecule has 3 heterocycles. The van der Waals surface area contributed by atoms with Crippen molar-refractivity contribution in [3.63, 3.8) is 0 Å². The van der Waals surface area contributed by atoms with Crippen molar-refractivity contribution in [3.05, 3.63) is 92.4 Å². The maximum atomic E-state index is 14.0. The SMILES string of the molecule is CC(=O)Oc1c2n(ccc1=O)N(C1c3ccccc3SCc3cccc(Cl)c31)CN(C(C)C(F)(F)F)C2=O. The van der Waals surface area contributed by atoms with Crippen LogP contribution in [-0.4, -0.2) is 40.3 Å². The number of ether oxygens (including phenoxy) is 1. The van der Waals surface area contributed by atoms with Gasteiger partial charge in [-0.3, -0.25) is 24.1 Å². The fourth-order valence-corrected chi connectivity index (χ4v) is 6.12. The number of pyridine rings is 1. The molecule has 198 valence electrons. The number of halogens is 4. The topological polar surface area (TPSA) is 71.8 Å². The van der Waals surface area contributed by atoms with Crippen LogP contribution in [0, 0.1) is 0 Å². The molecular formula is C26H21ClF3N3O4S. The van der Waals surface area contributed by atoms with Crippen LogP contribution >= 0.6 is 23.4 Å². The molecule has 0 bridgehead atoms. The number of fused-ring (bicyclic) bond motifs is 3. The average molecular weight is 564 g/mol. The second kappa shape index (κ2) is 9.70. The molecule has 1 aromatic heterocycles. The summed E-state index contributed by atoms with van der Waals surface area (Å²) in [6.07, 6.45) is -3.46. The summed E-state index contributed by atoms with van der Waals surface area (Å²) in [5.41, 5.74) is 1.02. The first-order chi connectivity index (χ1) is 18.0. The summed E-state index contributed by atoms with van der Waals surface area (Å²) >= 11 is 8.28. The first kappa shape index (κ1) is 26.2. The van der Waals surface area contributed by atoms with Crippen LogP contribution in [0.5, 0.6) is 5.75 Å². The molecular weight excluding hydrogens is 543 g/mol. The van der Waals surface area contributed by atoms with Gasteiger partial charge in [0.15, 0.2) is 5.69 Å². The molecule has 2 aromatic carbocycles. The highest BCUT2D eigenvalue weighted by Crippen LogP contribution is 2.45. The van der Waals surface area contributed by atoms with Crippen LogP contribution in [0.25, 0.3) is 0 Å². The maximum Gasteiger partial charge on any atom is 0.408 e. The van der Waals surface area contributed by atoms with Crippen LogP contribution in [0.15, 0.2) is 64.4 Å². The molecule has 3 aromatic rings. The van der Waals surface area contributed by atoms with Crippen LogP contribution in [-0.2, 0) is 10.5 Å². The van der Waals surface area contributed by atoms with E-state index >= 15 is 0 Å². The minimum absolute atomic E-state index is 0.403. The normalized spacial score (nSPS) is 17.7. The smallest absolute Gasteiger partial charge is 0.408 e. The van der Waals surface area contributed by atoms with Crippen molar-refractivity contribution in [1.82, 2.24) is 9.58 Å². The quantitative estimate of drug-likeness (QED) is 0.412. The predicted molar refractivity (Wildman–Crippen MR) is 136 cm³/mol. The van der Waals surface area contributed by atoms with Gasteiger partial charge in [0.05, 0.1) is 0 Å². The Hall–Kier alpha value is -3.44. The number of benzene rings is 2. The minimum atomic E-state index is -4.76. The zero-order valence-electron chi connectivity index (χ0n) is 20.2. The Bertz CT molecular complexity index is 1510. The summed E-state index contributed by atoms with van der Waals surface area (Å²) in [6.45, 7) is 1.43. The number of hydrogen-bond donors (Lipinski definition) is 0. The lowest BCUT2D eigenvalue weighted by Gasteiger charge is -2.46. The second-order valence-corrected chi connectivity index (χ2v) is 10.3. The van der Waals surface area contributed by atoms with Crippen molar-refractivity contribution in [1.29, 1.82) is 0 Å². The van der Waals surface area contributed by atoms with Gasteiger partial charge in [-0.15, -0.1) is 11.8 Å². The molecule has 0 aliphatic carbocycles. The van der Waals surface area contributed by atoms with Gasteiger partial charge in [0.2, 0.25) is 11.2 Å². The molecule has 0 N–H and O–H groups in total. The number of alkyl halides is 3. The molecule has 0 radical (unpaired) electrons. The van der Waals surface area contributed by atoms with E-state index in [0.717, 1.165) is 35.9 Å². The van der Waals surface area contributed by atoms with Gasteiger partial charge in [0.1, 0.15) is 18.8 Å². The minimum Gasteiger partial charge on any atom is -0.420 e. The monoisotopic (exact) mass is 563 g/mol. The van der Waals surface area contributed by atoms with E-state index in [1.165, 1.54) is 10.9 Å². The highest BCUT2D eigenvalue weighted by Gasteiger charge is 2.48. The van der Waals surface area contributed by atoms with Gasteiger partial charge in [-0.25, -0.2) is 0 Å². The van der Waals surface area contributed by atoms with Crippen molar-refractivity contribution in [2.75, 3.05) is 11.7 Å². The molecule has 2 aliphatic rings. The van der Waals surface area contributed by atoms with E-state index in [2.05, 4.69) is 0 Å². The molecule has 0 saturated heterocycles. The van der Waals surface area contributed by atoms with Crippen LogP contribution < -0.4 is 15.2 Å². The standard InChI is InChI=1S/C26H21ClF3N3O4S/c1-14(26(28,29)30)31-13-33(32-11-10-19(35)24(37-15(2)34)23(32)25(31)36)22-17-7-3-4-9-20(17)38-12-16-6-5-8-18(27)21(16)22/h3-11,14,22H,12-13H2,1-2H3. The highest BCUT2D eigenvalue weighted by molar-refractivity contribution is 7.98. The Kier molecular flexibility index (Phi) is 6.68. The first-order valence-corrected chi connectivity index (χ1v) is 12.9. The fraction of sp³-hybridized carbons (Fsp3) is 0.269. The van der Waals surface area contributed by atoms with Crippen LogP contribution in [0.3, 0.4) is 0 Å². The maximum absolute atomic E-state index is 14.0. The molecule has 1 amide bonds. The molecule has 2 aliphatic heterocycles. The molecule has 2 unspecified atom stereocenters. The third-order valence-electron chi connectivity index (χ3n) is 6.57. The van der Waals surface area contributed by atoms with Crippen molar-refractivity contribution >= 4 is 35.2 Å². The van der Waals surface area contributed by atoms with Gasteiger partial charge >= 0.3 is 12.1 Å². The molecule has 12 heteroatoms. The molecule has 5 rings (SSSR count). The van der Waals surface area contributed by atoms with E-state index in [1.54, 1.807) is 28.9 Å². The fourth-order valence-electron chi connectivity index (χ4n) is 4.74. The lowest BCUT2D eigenvalue weighted by Crippen LogP contribution is -2.60. The molecule has 0 fully saturated rings. The summed E-state index contributed by atoms with van der Waals surface area (Å²) in [6, 6.07) is 11.0. The Morgan fingerprint density at radius 3 is 2.58 bits per heavy atom. The lowest BCUT2D eigenvalue weighted by molar-refractivity contribution is -0.173. The Labute approximate surface area is 224 Å². The van der Waals surface area contributed by atoms with E-state index < -0.39 is 53.7 Å². The number of rotatable bonds is 3. The Morgan fingerprint density at radius 2 is 1.87 bits per heavy atom. The number of hydrogen-bond acceptors (Lipinski definition) is 6. The zero-order chi connectivity index (χ0) is 27.4. The summed E-state index contributed by atoms with van der Waals surface area (Å²) in [7, 11) is 0. The molecule has 0 saturated carbocycles. The van der Waals surface area contributed by atoms with Crippen LogP contribution in [0.4, 0.5) is 13.2 Å². The van der Waals surface area contributed by atoms with E-state index in [9.17, 15) is 27.6 Å². The third kappa shape index (κ3) is 4.43. The van der Waals surface area contributed by atoms with Crippen molar-refractivity contribution in [2.24, 2.45) is 0 Å². The van der Waals surface area contributed by atoms with Gasteiger partial charge in [0, 0.05) is 40.4 Å². The summed E-state index contributed by atoms with van der Waals surface area (Å²) in [5, 5.41) is 1.95. The molecule has 38 heavy (non-hydrogen) atoms.